The number of fused-ring (bicyclic) bond motifs is 1. The number of amides is 2. The lowest BCUT2D eigenvalue weighted by molar-refractivity contribution is -0.117. The number of hydrogen-bond acceptors (Lipinski definition) is 7. The zero-order chi connectivity index (χ0) is 19.3. The summed E-state index contributed by atoms with van der Waals surface area (Å²) in [5.74, 6) is -0.655. The van der Waals surface area contributed by atoms with E-state index < -0.39 is 0 Å². The van der Waals surface area contributed by atoms with Crippen LogP contribution in [0, 0.1) is 0 Å². The van der Waals surface area contributed by atoms with E-state index in [2.05, 4.69) is 20.3 Å². The van der Waals surface area contributed by atoms with Gasteiger partial charge in [-0.3, -0.25) is 14.6 Å². The van der Waals surface area contributed by atoms with Crippen LogP contribution < -0.4 is 5.32 Å². The Labute approximate surface area is 165 Å². The number of carbonyl (C=O) groups is 2. The number of thiazole rings is 1. The standard InChI is InChI=1S/C19H19N5O3S/c25-17(23-19-20-7-9-28-19)12-24(11-13-4-3-8-27-13)18(26)16-10-21-14-5-1-2-6-15(14)22-16/h1-2,5-7,9-10,13H,3-4,8,11-12H2,(H,20,23,25). The van der Waals surface area contributed by atoms with Crippen LogP contribution in [0.25, 0.3) is 11.0 Å². The summed E-state index contributed by atoms with van der Waals surface area (Å²) in [5, 5.41) is 4.98. The highest BCUT2D eigenvalue weighted by Crippen LogP contribution is 2.16. The van der Waals surface area contributed by atoms with Gasteiger partial charge in [-0.05, 0) is 25.0 Å². The minimum absolute atomic E-state index is 0.0787. The third-order valence-corrected chi connectivity index (χ3v) is 5.10. The molecule has 9 heteroatoms. The van der Waals surface area contributed by atoms with Gasteiger partial charge < -0.3 is 15.0 Å². The molecule has 2 aromatic heterocycles. The number of benzene rings is 1. The van der Waals surface area contributed by atoms with Crippen molar-refractivity contribution < 1.29 is 14.3 Å². The van der Waals surface area contributed by atoms with Crippen molar-refractivity contribution in [2.45, 2.75) is 18.9 Å². The largest absolute Gasteiger partial charge is 0.376 e. The van der Waals surface area contributed by atoms with Gasteiger partial charge in [-0.2, -0.15) is 0 Å². The van der Waals surface area contributed by atoms with Crippen LogP contribution in [-0.2, 0) is 9.53 Å². The van der Waals surface area contributed by atoms with Crippen molar-refractivity contribution in [3.8, 4) is 0 Å². The van der Waals surface area contributed by atoms with Gasteiger partial charge in [0, 0.05) is 24.7 Å². The van der Waals surface area contributed by atoms with Gasteiger partial charge in [-0.15, -0.1) is 11.3 Å². The van der Waals surface area contributed by atoms with Crippen LogP contribution in [-0.4, -0.2) is 57.5 Å². The summed E-state index contributed by atoms with van der Waals surface area (Å²) in [6.45, 7) is 0.902. The van der Waals surface area contributed by atoms with Gasteiger partial charge >= 0.3 is 0 Å². The quantitative estimate of drug-likeness (QED) is 0.686. The average Bonchev–Trinajstić information content (AvgIpc) is 3.41. The SMILES string of the molecule is O=C(CN(CC1CCCO1)C(=O)c1cnc2ccccc2n1)Nc1nccs1. The van der Waals surface area contributed by atoms with Crippen molar-refractivity contribution >= 4 is 39.3 Å². The average molecular weight is 397 g/mol. The molecule has 1 N–H and O–H groups in total. The summed E-state index contributed by atoms with van der Waals surface area (Å²) < 4.78 is 5.66. The maximum atomic E-state index is 13.1. The molecule has 28 heavy (non-hydrogen) atoms. The van der Waals surface area contributed by atoms with E-state index in [4.69, 9.17) is 4.74 Å². The van der Waals surface area contributed by atoms with Gasteiger partial charge in [0.1, 0.15) is 12.2 Å². The molecule has 0 radical (unpaired) electrons. The fraction of sp³-hybridized carbons (Fsp3) is 0.316. The fourth-order valence-electron chi connectivity index (χ4n) is 3.09. The van der Waals surface area contributed by atoms with E-state index in [0.717, 1.165) is 12.8 Å². The summed E-state index contributed by atoms with van der Waals surface area (Å²) in [5.41, 5.74) is 1.56. The minimum atomic E-state index is -0.344. The van der Waals surface area contributed by atoms with Gasteiger partial charge in [0.25, 0.3) is 5.91 Å². The Hall–Kier alpha value is -2.91. The molecule has 8 nitrogen and oxygen atoms in total. The zero-order valence-electron chi connectivity index (χ0n) is 15.1. The number of carbonyl (C=O) groups excluding carboxylic acids is 2. The molecule has 2 amide bonds. The second-order valence-electron chi connectivity index (χ2n) is 6.45. The van der Waals surface area contributed by atoms with Crippen molar-refractivity contribution in [2.75, 3.05) is 25.0 Å². The van der Waals surface area contributed by atoms with Gasteiger partial charge in [-0.1, -0.05) is 12.1 Å². The highest BCUT2D eigenvalue weighted by atomic mass is 32.1. The Morgan fingerprint density at radius 2 is 2.11 bits per heavy atom. The highest BCUT2D eigenvalue weighted by molar-refractivity contribution is 7.13. The summed E-state index contributed by atoms with van der Waals surface area (Å²) in [7, 11) is 0. The fourth-order valence-corrected chi connectivity index (χ4v) is 3.64. The molecule has 0 aliphatic carbocycles. The monoisotopic (exact) mass is 397 g/mol. The number of nitrogens with one attached hydrogen (secondary N) is 1. The van der Waals surface area contributed by atoms with Crippen LogP contribution in [0.5, 0.6) is 0 Å². The highest BCUT2D eigenvalue weighted by Gasteiger charge is 2.26. The lowest BCUT2D eigenvalue weighted by Crippen LogP contribution is -2.42. The lowest BCUT2D eigenvalue weighted by atomic mass is 10.2. The Morgan fingerprint density at radius 1 is 1.25 bits per heavy atom. The Morgan fingerprint density at radius 3 is 2.86 bits per heavy atom. The number of rotatable bonds is 6. The van der Waals surface area contributed by atoms with E-state index in [1.807, 2.05) is 18.2 Å². The molecule has 0 saturated carbocycles. The topological polar surface area (TPSA) is 97.3 Å². The molecular formula is C19H19N5O3S. The van der Waals surface area contributed by atoms with Crippen molar-refractivity contribution in [2.24, 2.45) is 0 Å². The number of hydrogen-bond donors (Lipinski definition) is 1. The Bertz CT molecular complexity index is 973. The van der Waals surface area contributed by atoms with Gasteiger partial charge in [0.05, 0.1) is 23.3 Å². The molecule has 1 aromatic carbocycles. The first-order chi connectivity index (χ1) is 13.7. The maximum Gasteiger partial charge on any atom is 0.274 e. The van der Waals surface area contributed by atoms with Crippen molar-refractivity contribution in [3.63, 3.8) is 0 Å². The summed E-state index contributed by atoms with van der Waals surface area (Å²) in [6.07, 6.45) is 4.80. The first-order valence-electron chi connectivity index (χ1n) is 9.01. The van der Waals surface area contributed by atoms with Crippen molar-refractivity contribution in [1.82, 2.24) is 19.9 Å². The van der Waals surface area contributed by atoms with Crippen LogP contribution in [0.15, 0.2) is 42.0 Å². The Kier molecular flexibility index (Phi) is 5.54. The number of nitrogens with zero attached hydrogens (tertiary/aromatic N) is 4. The maximum absolute atomic E-state index is 13.1. The number of anilines is 1. The van der Waals surface area contributed by atoms with Crippen LogP contribution in [0.2, 0.25) is 0 Å². The first kappa shape index (κ1) is 18.5. The molecule has 0 bridgehead atoms. The molecule has 1 aliphatic heterocycles. The van der Waals surface area contributed by atoms with E-state index in [9.17, 15) is 9.59 Å². The first-order valence-corrected chi connectivity index (χ1v) is 9.89. The lowest BCUT2D eigenvalue weighted by Gasteiger charge is -2.24. The summed E-state index contributed by atoms with van der Waals surface area (Å²) >= 11 is 1.32. The zero-order valence-corrected chi connectivity index (χ0v) is 15.9. The van der Waals surface area contributed by atoms with E-state index in [-0.39, 0.29) is 30.2 Å². The van der Waals surface area contributed by atoms with Crippen LogP contribution >= 0.6 is 11.3 Å². The molecule has 144 valence electrons. The third-order valence-electron chi connectivity index (χ3n) is 4.42. The summed E-state index contributed by atoms with van der Waals surface area (Å²) in [4.78, 5) is 39.8. The molecule has 1 aliphatic rings. The van der Waals surface area contributed by atoms with Crippen molar-refractivity contribution in [1.29, 1.82) is 0 Å². The van der Waals surface area contributed by atoms with E-state index in [1.165, 1.54) is 22.4 Å². The second kappa shape index (κ2) is 8.41. The number of aromatic nitrogens is 3. The molecule has 3 aromatic rings. The molecule has 0 spiro atoms. The molecule has 1 saturated heterocycles. The predicted octanol–water partition coefficient (Wildman–Crippen LogP) is 2.35. The van der Waals surface area contributed by atoms with Gasteiger partial charge in [0.2, 0.25) is 5.91 Å². The van der Waals surface area contributed by atoms with Gasteiger partial charge in [-0.25, -0.2) is 9.97 Å². The smallest absolute Gasteiger partial charge is 0.274 e. The minimum Gasteiger partial charge on any atom is -0.376 e. The Balaban J connectivity index is 1.53. The molecular weight excluding hydrogens is 378 g/mol. The van der Waals surface area contributed by atoms with Crippen LogP contribution in [0.4, 0.5) is 5.13 Å². The second-order valence-corrected chi connectivity index (χ2v) is 7.34. The van der Waals surface area contributed by atoms with Crippen LogP contribution in [0.3, 0.4) is 0 Å². The van der Waals surface area contributed by atoms with E-state index in [1.54, 1.807) is 17.6 Å². The van der Waals surface area contributed by atoms with Crippen molar-refractivity contribution in [3.05, 3.63) is 47.7 Å². The normalized spacial score (nSPS) is 16.2. The molecule has 1 fully saturated rings. The predicted molar refractivity (Wildman–Crippen MR) is 105 cm³/mol. The van der Waals surface area contributed by atoms with Crippen LogP contribution in [0.1, 0.15) is 23.3 Å². The molecule has 1 atom stereocenters. The molecule has 3 heterocycles. The van der Waals surface area contributed by atoms with E-state index in [0.29, 0.717) is 29.3 Å². The molecule has 4 rings (SSSR count). The number of para-hydroxylation sites is 2. The van der Waals surface area contributed by atoms with E-state index >= 15 is 0 Å². The number of ether oxygens (including phenoxy) is 1. The third kappa shape index (κ3) is 4.32. The van der Waals surface area contributed by atoms with Gasteiger partial charge in [0.15, 0.2) is 5.13 Å². The summed E-state index contributed by atoms with van der Waals surface area (Å²) in [6, 6.07) is 7.35. The molecule has 1 unspecified atom stereocenters.